The highest BCUT2D eigenvalue weighted by Gasteiger charge is 2.23. The van der Waals surface area contributed by atoms with Gasteiger partial charge in [0.1, 0.15) is 5.82 Å². The highest BCUT2D eigenvalue weighted by molar-refractivity contribution is 5.41. The second-order valence-corrected chi connectivity index (χ2v) is 6.11. The van der Waals surface area contributed by atoms with Crippen molar-refractivity contribution in [1.82, 2.24) is 9.55 Å². The standard InChI is InChI=1S/C12H21N3O/c1-11(2,3)8-7-15(12(4,5)6)10(16)14-9(8)13/h7H,1-6H3,(H2,13,14,16). The summed E-state index contributed by atoms with van der Waals surface area (Å²) in [7, 11) is 0. The topological polar surface area (TPSA) is 60.9 Å². The average Bonchev–Trinajstić information content (AvgIpc) is 1.97. The minimum atomic E-state index is -0.294. The van der Waals surface area contributed by atoms with Crippen LogP contribution in [0.3, 0.4) is 0 Å². The van der Waals surface area contributed by atoms with Crippen LogP contribution in [0.1, 0.15) is 47.1 Å². The first-order valence-electron chi connectivity index (χ1n) is 5.43. The van der Waals surface area contributed by atoms with E-state index >= 15 is 0 Å². The molecule has 0 saturated heterocycles. The van der Waals surface area contributed by atoms with Crippen LogP contribution in [0, 0.1) is 0 Å². The van der Waals surface area contributed by atoms with Gasteiger partial charge in [-0.1, -0.05) is 20.8 Å². The molecule has 0 radical (unpaired) electrons. The number of hydrogen-bond donors (Lipinski definition) is 1. The molecular formula is C12H21N3O. The molecule has 0 aliphatic rings. The monoisotopic (exact) mass is 223 g/mol. The second-order valence-electron chi connectivity index (χ2n) is 6.11. The first-order chi connectivity index (χ1) is 7.03. The number of anilines is 1. The number of hydrogen-bond acceptors (Lipinski definition) is 3. The quantitative estimate of drug-likeness (QED) is 0.730. The van der Waals surface area contributed by atoms with Crippen molar-refractivity contribution in [3.8, 4) is 0 Å². The number of nitrogens with two attached hydrogens (primary N) is 1. The molecule has 0 amide bonds. The fourth-order valence-electron chi connectivity index (χ4n) is 1.53. The predicted octanol–water partition coefficient (Wildman–Crippen LogP) is 1.88. The summed E-state index contributed by atoms with van der Waals surface area (Å²) in [4.78, 5) is 15.6. The SMILES string of the molecule is CC(C)(C)c1cn(C(C)(C)C)c(=O)nc1N. The van der Waals surface area contributed by atoms with Gasteiger partial charge in [-0.3, -0.25) is 4.57 Å². The lowest BCUT2D eigenvalue weighted by Gasteiger charge is -2.26. The molecule has 4 nitrogen and oxygen atoms in total. The number of aromatic nitrogens is 2. The lowest BCUT2D eigenvalue weighted by Crippen LogP contribution is -2.37. The first-order valence-corrected chi connectivity index (χ1v) is 5.43. The van der Waals surface area contributed by atoms with Gasteiger partial charge in [0, 0.05) is 17.3 Å². The molecule has 0 saturated carbocycles. The molecule has 0 fully saturated rings. The van der Waals surface area contributed by atoms with Crippen LogP contribution in [0.2, 0.25) is 0 Å². The average molecular weight is 223 g/mol. The summed E-state index contributed by atoms with van der Waals surface area (Å²) in [5.41, 5.74) is 6.01. The molecule has 0 spiro atoms. The van der Waals surface area contributed by atoms with Gasteiger partial charge in [0.05, 0.1) is 0 Å². The van der Waals surface area contributed by atoms with Crippen molar-refractivity contribution in [3.63, 3.8) is 0 Å². The van der Waals surface area contributed by atoms with Crippen LogP contribution in [0.15, 0.2) is 11.0 Å². The van der Waals surface area contributed by atoms with Crippen LogP contribution >= 0.6 is 0 Å². The Labute approximate surface area is 96.5 Å². The maximum atomic E-state index is 11.7. The number of rotatable bonds is 0. The molecular weight excluding hydrogens is 202 g/mol. The van der Waals surface area contributed by atoms with E-state index < -0.39 is 0 Å². The van der Waals surface area contributed by atoms with Crippen LogP contribution < -0.4 is 11.4 Å². The van der Waals surface area contributed by atoms with Crippen molar-refractivity contribution >= 4 is 5.82 Å². The maximum absolute atomic E-state index is 11.7. The lowest BCUT2D eigenvalue weighted by atomic mass is 9.88. The zero-order valence-corrected chi connectivity index (χ0v) is 11.0. The molecule has 0 aliphatic heterocycles. The van der Waals surface area contributed by atoms with Crippen LogP contribution in [0.5, 0.6) is 0 Å². The van der Waals surface area contributed by atoms with Crippen LogP contribution in [0.25, 0.3) is 0 Å². The van der Waals surface area contributed by atoms with Gasteiger partial charge in [0.2, 0.25) is 0 Å². The van der Waals surface area contributed by atoms with Gasteiger partial charge < -0.3 is 5.73 Å². The Balaban J connectivity index is 3.52. The van der Waals surface area contributed by atoms with Gasteiger partial charge >= 0.3 is 5.69 Å². The fraction of sp³-hybridized carbons (Fsp3) is 0.667. The zero-order valence-electron chi connectivity index (χ0n) is 11.0. The van der Waals surface area contributed by atoms with Gasteiger partial charge in [-0.2, -0.15) is 4.98 Å². The van der Waals surface area contributed by atoms with Gasteiger partial charge in [-0.25, -0.2) is 4.79 Å². The molecule has 0 unspecified atom stereocenters. The minimum absolute atomic E-state index is 0.113. The summed E-state index contributed by atoms with van der Waals surface area (Å²) in [5.74, 6) is 0.331. The minimum Gasteiger partial charge on any atom is -0.383 e. The number of nitrogen functional groups attached to an aromatic ring is 1. The molecule has 4 heteroatoms. The van der Waals surface area contributed by atoms with Crippen molar-refractivity contribution in [3.05, 3.63) is 22.2 Å². The van der Waals surface area contributed by atoms with E-state index in [1.807, 2.05) is 27.0 Å². The van der Waals surface area contributed by atoms with E-state index in [9.17, 15) is 4.79 Å². The van der Waals surface area contributed by atoms with E-state index in [-0.39, 0.29) is 16.6 Å². The number of nitrogens with zero attached hydrogens (tertiary/aromatic N) is 2. The Hall–Kier alpha value is -1.32. The van der Waals surface area contributed by atoms with E-state index in [0.717, 1.165) is 5.56 Å². The molecule has 1 aromatic rings. The van der Waals surface area contributed by atoms with Gasteiger partial charge in [0.15, 0.2) is 0 Å². The third-order valence-electron chi connectivity index (χ3n) is 2.49. The largest absolute Gasteiger partial charge is 0.383 e. The van der Waals surface area contributed by atoms with Crippen LogP contribution in [0.4, 0.5) is 5.82 Å². The predicted molar refractivity (Wildman–Crippen MR) is 66.6 cm³/mol. The highest BCUT2D eigenvalue weighted by Crippen LogP contribution is 2.26. The molecule has 0 atom stereocenters. The summed E-state index contributed by atoms with van der Waals surface area (Å²) >= 11 is 0. The lowest BCUT2D eigenvalue weighted by molar-refractivity contribution is 0.372. The summed E-state index contributed by atoms with van der Waals surface area (Å²) in [6.45, 7) is 12.1. The third-order valence-corrected chi connectivity index (χ3v) is 2.49. The Morgan fingerprint density at radius 2 is 1.69 bits per heavy atom. The Bertz CT molecular complexity index is 447. The van der Waals surface area contributed by atoms with E-state index in [1.165, 1.54) is 0 Å². The van der Waals surface area contributed by atoms with Crippen LogP contribution in [-0.4, -0.2) is 9.55 Å². The van der Waals surface area contributed by atoms with E-state index in [2.05, 4.69) is 25.8 Å². The summed E-state index contributed by atoms with van der Waals surface area (Å²) in [5, 5.41) is 0. The Morgan fingerprint density at radius 3 is 2.06 bits per heavy atom. The van der Waals surface area contributed by atoms with Crippen LogP contribution in [-0.2, 0) is 11.0 Å². The smallest absolute Gasteiger partial charge is 0.349 e. The van der Waals surface area contributed by atoms with Crippen molar-refractivity contribution in [2.24, 2.45) is 0 Å². The first kappa shape index (κ1) is 12.7. The Morgan fingerprint density at radius 1 is 1.19 bits per heavy atom. The molecule has 0 bridgehead atoms. The fourth-order valence-corrected chi connectivity index (χ4v) is 1.53. The summed E-state index contributed by atoms with van der Waals surface area (Å²) in [6.07, 6.45) is 1.82. The highest BCUT2D eigenvalue weighted by atomic mass is 16.1. The van der Waals surface area contributed by atoms with E-state index in [0.29, 0.717) is 5.82 Å². The van der Waals surface area contributed by atoms with Crippen molar-refractivity contribution in [2.75, 3.05) is 5.73 Å². The summed E-state index contributed by atoms with van der Waals surface area (Å²) < 4.78 is 1.63. The molecule has 0 aromatic carbocycles. The molecule has 0 aliphatic carbocycles. The van der Waals surface area contributed by atoms with Gasteiger partial charge in [-0.15, -0.1) is 0 Å². The molecule has 1 rings (SSSR count). The maximum Gasteiger partial charge on any atom is 0.349 e. The van der Waals surface area contributed by atoms with Gasteiger partial charge in [-0.05, 0) is 26.2 Å². The second kappa shape index (κ2) is 3.61. The van der Waals surface area contributed by atoms with Crippen molar-refractivity contribution in [2.45, 2.75) is 52.5 Å². The zero-order chi connectivity index (χ0) is 12.7. The normalized spacial score (nSPS) is 12.9. The van der Waals surface area contributed by atoms with Gasteiger partial charge in [0.25, 0.3) is 0 Å². The van der Waals surface area contributed by atoms with Crippen molar-refractivity contribution < 1.29 is 0 Å². The molecule has 1 heterocycles. The molecule has 16 heavy (non-hydrogen) atoms. The van der Waals surface area contributed by atoms with E-state index in [4.69, 9.17) is 5.73 Å². The third kappa shape index (κ3) is 2.43. The molecule has 90 valence electrons. The van der Waals surface area contributed by atoms with Crippen molar-refractivity contribution in [1.29, 1.82) is 0 Å². The molecule has 2 N–H and O–H groups in total. The van der Waals surface area contributed by atoms with E-state index in [1.54, 1.807) is 4.57 Å². The summed E-state index contributed by atoms with van der Waals surface area (Å²) in [6, 6.07) is 0. The molecule has 1 aromatic heterocycles. The Kier molecular flexibility index (Phi) is 2.88.